The zero-order chi connectivity index (χ0) is 12.3. The molecule has 0 rings (SSSR count). The molecule has 0 amide bonds. The van der Waals surface area contributed by atoms with Gasteiger partial charge in [-0.15, -0.1) is 0 Å². The minimum Gasteiger partial charge on any atom is -0.374 e. The summed E-state index contributed by atoms with van der Waals surface area (Å²) in [5.74, 6) is 0. The standard InChI is InChI=1S/C12H27O3Si/c1-5-9-10-11-12-16(13-6-2,14-7-3)15-8-4/h10H,5-9,11-12H2,1-4H3. The molecule has 0 atom stereocenters. The van der Waals surface area contributed by atoms with Gasteiger partial charge >= 0.3 is 8.80 Å². The minimum atomic E-state index is -2.38. The summed E-state index contributed by atoms with van der Waals surface area (Å²) in [5, 5.41) is 0. The van der Waals surface area contributed by atoms with Crippen molar-refractivity contribution in [2.75, 3.05) is 19.8 Å². The van der Waals surface area contributed by atoms with E-state index in [1.54, 1.807) is 0 Å². The molecule has 0 heterocycles. The van der Waals surface area contributed by atoms with Gasteiger partial charge in [0.2, 0.25) is 0 Å². The molecule has 0 unspecified atom stereocenters. The second kappa shape index (κ2) is 10.3. The fourth-order valence-electron chi connectivity index (χ4n) is 1.63. The van der Waals surface area contributed by atoms with Gasteiger partial charge in [-0.05, 0) is 33.6 Å². The van der Waals surface area contributed by atoms with Crippen LogP contribution in [0.3, 0.4) is 0 Å². The van der Waals surface area contributed by atoms with Gasteiger partial charge in [0.05, 0.1) is 0 Å². The van der Waals surface area contributed by atoms with Crippen molar-refractivity contribution >= 4 is 8.80 Å². The van der Waals surface area contributed by atoms with Gasteiger partial charge in [0.1, 0.15) is 0 Å². The molecule has 0 aromatic heterocycles. The maximum Gasteiger partial charge on any atom is 0.500 e. The van der Waals surface area contributed by atoms with Gasteiger partial charge < -0.3 is 13.3 Å². The Morgan fingerprint density at radius 3 is 1.69 bits per heavy atom. The Kier molecular flexibility index (Phi) is 10.3. The summed E-state index contributed by atoms with van der Waals surface area (Å²) in [6.07, 6.45) is 5.69. The SMILES string of the molecule is CCC[CH]CC[Si](OCC)(OCC)OCC. The van der Waals surface area contributed by atoms with E-state index < -0.39 is 8.80 Å². The molecule has 4 heteroatoms. The Morgan fingerprint density at radius 1 is 0.812 bits per heavy atom. The smallest absolute Gasteiger partial charge is 0.374 e. The monoisotopic (exact) mass is 247 g/mol. The Morgan fingerprint density at radius 2 is 1.31 bits per heavy atom. The van der Waals surface area contributed by atoms with Crippen LogP contribution in [0.15, 0.2) is 0 Å². The maximum absolute atomic E-state index is 5.77. The van der Waals surface area contributed by atoms with E-state index >= 15 is 0 Å². The van der Waals surface area contributed by atoms with Crippen LogP contribution in [0.5, 0.6) is 0 Å². The van der Waals surface area contributed by atoms with Crippen LogP contribution in [0.1, 0.15) is 47.0 Å². The molecule has 0 fully saturated rings. The highest BCUT2D eigenvalue weighted by Crippen LogP contribution is 2.19. The molecule has 16 heavy (non-hydrogen) atoms. The molecule has 0 saturated carbocycles. The van der Waals surface area contributed by atoms with Crippen molar-refractivity contribution in [1.29, 1.82) is 0 Å². The Balaban J connectivity index is 4.12. The first-order chi connectivity index (χ1) is 7.74. The minimum absolute atomic E-state index is 0.667. The van der Waals surface area contributed by atoms with Crippen LogP contribution >= 0.6 is 0 Å². The van der Waals surface area contributed by atoms with Crippen LogP contribution in [0.4, 0.5) is 0 Å². The summed E-state index contributed by atoms with van der Waals surface area (Å²) in [4.78, 5) is 0. The van der Waals surface area contributed by atoms with E-state index in [0.717, 1.165) is 18.9 Å². The molecule has 0 aliphatic heterocycles. The third-order valence-electron chi connectivity index (χ3n) is 2.24. The number of hydrogen-bond acceptors (Lipinski definition) is 3. The van der Waals surface area contributed by atoms with Crippen LogP contribution < -0.4 is 0 Å². The first-order valence-corrected chi connectivity index (χ1v) is 8.41. The zero-order valence-electron chi connectivity index (χ0n) is 11.3. The van der Waals surface area contributed by atoms with Crippen LogP contribution in [0.2, 0.25) is 6.04 Å². The number of hydrogen-bond donors (Lipinski definition) is 0. The fraction of sp³-hybridized carbons (Fsp3) is 0.917. The highest BCUT2D eigenvalue weighted by atomic mass is 28.4. The van der Waals surface area contributed by atoms with Crippen molar-refractivity contribution in [2.24, 2.45) is 0 Å². The Hall–Kier alpha value is 0.0969. The second-order valence-electron chi connectivity index (χ2n) is 3.60. The van der Waals surface area contributed by atoms with Crippen molar-refractivity contribution in [3.05, 3.63) is 6.42 Å². The van der Waals surface area contributed by atoms with Crippen molar-refractivity contribution in [2.45, 2.75) is 53.0 Å². The molecule has 0 spiro atoms. The maximum atomic E-state index is 5.77. The van der Waals surface area contributed by atoms with Gasteiger partial charge in [-0.3, -0.25) is 0 Å². The number of rotatable bonds is 11. The molecule has 0 aromatic rings. The highest BCUT2D eigenvalue weighted by molar-refractivity contribution is 6.60. The molecule has 0 aromatic carbocycles. The van der Waals surface area contributed by atoms with Gasteiger partial charge in [-0.1, -0.05) is 19.8 Å². The van der Waals surface area contributed by atoms with E-state index in [4.69, 9.17) is 13.3 Å². The van der Waals surface area contributed by atoms with E-state index in [1.165, 1.54) is 6.42 Å². The van der Waals surface area contributed by atoms with Crippen molar-refractivity contribution < 1.29 is 13.3 Å². The van der Waals surface area contributed by atoms with Crippen LogP contribution in [-0.4, -0.2) is 28.6 Å². The summed E-state index contributed by atoms with van der Waals surface area (Å²) in [6, 6.07) is 0.905. The third kappa shape index (κ3) is 6.63. The Bertz CT molecular complexity index is 136. The van der Waals surface area contributed by atoms with Crippen molar-refractivity contribution in [3.8, 4) is 0 Å². The van der Waals surface area contributed by atoms with Crippen LogP contribution in [-0.2, 0) is 13.3 Å². The molecule has 1 radical (unpaired) electrons. The predicted molar refractivity (Wildman–Crippen MR) is 69.3 cm³/mol. The number of unbranched alkanes of at least 4 members (excludes halogenated alkanes) is 3. The molecular weight excluding hydrogens is 220 g/mol. The molecule has 0 aliphatic carbocycles. The predicted octanol–water partition coefficient (Wildman–Crippen LogP) is 3.43. The molecular formula is C12H27O3Si. The lowest BCUT2D eigenvalue weighted by Crippen LogP contribution is -2.45. The van der Waals surface area contributed by atoms with E-state index in [9.17, 15) is 0 Å². The van der Waals surface area contributed by atoms with E-state index in [0.29, 0.717) is 19.8 Å². The first-order valence-electron chi connectivity index (χ1n) is 6.48. The molecule has 0 N–H and O–H groups in total. The average molecular weight is 247 g/mol. The fourth-order valence-corrected chi connectivity index (χ4v) is 4.19. The summed E-state index contributed by atoms with van der Waals surface area (Å²) in [5.41, 5.74) is 0. The van der Waals surface area contributed by atoms with Crippen LogP contribution in [0.25, 0.3) is 0 Å². The van der Waals surface area contributed by atoms with Gasteiger partial charge in [-0.25, -0.2) is 0 Å². The molecule has 97 valence electrons. The quantitative estimate of drug-likeness (QED) is 0.413. The van der Waals surface area contributed by atoms with E-state index in [1.807, 2.05) is 20.8 Å². The zero-order valence-corrected chi connectivity index (χ0v) is 12.3. The largest absolute Gasteiger partial charge is 0.500 e. The molecule has 0 saturated heterocycles. The average Bonchev–Trinajstić information content (AvgIpc) is 2.26. The molecule has 3 nitrogen and oxygen atoms in total. The molecule has 0 aliphatic rings. The van der Waals surface area contributed by atoms with E-state index in [2.05, 4.69) is 13.3 Å². The summed E-state index contributed by atoms with van der Waals surface area (Å²) in [7, 11) is -2.38. The van der Waals surface area contributed by atoms with Crippen molar-refractivity contribution in [3.63, 3.8) is 0 Å². The Labute approximate surface area is 102 Å². The van der Waals surface area contributed by atoms with Gasteiger partial charge in [0, 0.05) is 25.9 Å². The van der Waals surface area contributed by atoms with Crippen molar-refractivity contribution in [1.82, 2.24) is 0 Å². The summed E-state index contributed by atoms with van der Waals surface area (Å²) < 4.78 is 17.3. The summed E-state index contributed by atoms with van der Waals surface area (Å²) >= 11 is 0. The lowest BCUT2D eigenvalue weighted by atomic mass is 10.2. The van der Waals surface area contributed by atoms with Gasteiger partial charge in [-0.2, -0.15) is 0 Å². The topological polar surface area (TPSA) is 27.7 Å². The third-order valence-corrected chi connectivity index (χ3v) is 5.33. The van der Waals surface area contributed by atoms with E-state index in [-0.39, 0.29) is 0 Å². The summed E-state index contributed by atoms with van der Waals surface area (Å²) in [6.45, 7) is 10.2. The highest BCUT2D eigenvalue weighted by Gasteiger charge is 2.39. The lowest BCUT2D eigenvalue weighted by molar-refractivity contribution is 0.0713. The second-order valence-corrected chi connectivity index (χ2v) is 6.33. The lowest BCUT2D eigenvalue weighted by Gasteiger charge is -2.28. The first kappa shape index (κ1) is 16.1. The van der Waals surface area contributed by atoms with Crippen LogP contribution in [0, 0.1) is 6.42 Å². The van der Waals surface area contributed by atoms with Gasteiger partial charge in [0.25, 0.3) is 0 Å². The van der Waals surface area contributed by atoms with Gasteiger partial charge in [0.15, 0.2) is 0 Å². The molecule has 0 bridgehead atoms. The normalized spacial score (nSPS) is 12.0.